The van der Waals surface area contributed by atoms with Crippen LogP contribution in [0.1, 0.15) is 24.1 Å². The second-order valence-electron chi connectivity index (χ2n) is 4.60. The summed E-state index contributed by atoms with van der Waals surface area (Å²) >= 11 is 1.86. The number of benzene rings is 1. The van der Waals surface area contributed by atoms with E-state index >= 15 is 0 Å². The van der Waals surface area contributed by atoms with Gasteiger partial charge in [-0.2, -0.15) is 0 Å². The number of likely N-dealkylation sites (N-methyl/N-ethyl adjacent to an activating group) is 1. The molecular weight excluding hydrogens is 266 g/mol. The third kappa shape index (κ3) is 3.74. The lowest BCUT2D eigenvalue weighted by Gasteiger charge is -2.18. The maximum absolute atomic E-state index is 5.92. The molecule has 0 bridgehead atoms. The Kier molecular flexibility index (Phi) is 5.44. The molecule has 106 valence electrons. The first-order valence-electron chi connectivity index (χ1n) is 6.84. The monoisotopic (exact) mass is 287 g/mol. The molecule has 1 aromatic heterocycles. The molecule has 3 nitrogen and oxygen atoms in total. The third-order valence-corrected chi connectivity index (χ3v) is 4.19. The molecule has 0 aliphatic rings. The number of thioether (sulfide) groups is 1. The standard InChI is InChI=1S/C16H21N3S/c1-3-20-14-8-6-12(7-9-14)15(18-2)11-13-5-4-10-19-16(13)17/h4-10,15,18H,3,11H2,1-2H3,(H2,17,19). The van der Waals surface area contributed by atoms with Crippen LogP contribution in [0.5, 0.6) is 0 Å². The Hall–Kier alpha value is -1.52. The van der Waals surface area contributed by atoms with Gasteiger partial charge in [0.15, 0.2) is 0 Å². The number of rotatable bonds is 6. The second-order valence-corrected chi connectivity index (χ2v) is 5.93. The molecule has 0 spiro atoms. The number of nitrogen functional groups attached to an aromatic ring is 1. The summed E-state index contributed by atoms with van der Waals surface area (Å²) in [5.74, 6) is 1.71. The quantitative estimate of drug-likeness (QED) is 0.801. The summed E-state index contributed by atoms with van der Waals surface area (Å²) in [4.78, 5) is 5.46. The number of nitrogens with two attached hydrogens (primary N) is 1. The van der Waals surface area contributed by atoms with Crippen molar-refractivity contribution in [2.75, 3.05) is 18.5 Å². The zero-order chi connectivity index (χ0) is 14.4. The summed E-state index contributed by atoms with van der Waals surface area (Å²) in [6.45, 7) is 2.17. The van der Waals surface area contributed by atoms with Crippen LogP contribution >= 0.6 is 11.8 Å². The molecule has 2 rings (SSSR count). The summed E-state index contributed by atoms with van der Waals surface area (Å²) in [7, 11) is 1.98. The van der Waals surface area contributed by atoms with Gasteiger partial charge in [0.2, 0.25) is 0 Å². The van der Waals surface area contributed by atoms with Crippen LogP contribution in [-0.2, 0) is 6.42 Å². The van der Waals surface area contributed by atoms with Crippen molar-refractivity contribution < 1.29 is 0 Å². The summed E-state index contributed by atoms with van der Waals surface area (Å²) in [5, 5.41) is 3.36. The summed E-state index contributed by atoms with van der Waals surface area (Å²) < 4.78 is 0. The zero-order valence-electron chi connectivity index (χ0n) is 12.0. The van der Waals surface area contributed by atoms with E-state index in [1.54, 1.807) is 6.20 Å². The lowest BCUT2D eigenvalue weighted by Crippen LogP contribution is -2.19. The van der Waals surface area contributed by atoms with Crippen molar-refractivity contribution in [1.29, 1.82) is 0 Å². The predicted molar refractivity (Wildman–Crippen MR) is 87.0 cm³/mol. The highest BCUT2D eigenvalue weighted by Gasteiger charge is 2.12. The maximum Gasteiger partial charge on any atom is 0.126 e. The van der Waals surface area contributed by atoms with E-state index < -0.39 is 0 Å². The fourth-order valence-electron chi connectivity index (χ4n) is 2.19. The molecule has 0 radical (unpaired) electrons. The molecule has 1 aromatic carbocycles. The Morgan fingerprint density at radius 3 is 2.60 bits per heavy atom. The van der Waals surface area contributed by atoms with Gasteiger partial charge in [0.1, 0.15) is 5.82 Å². The number of anilines is 1. The van der Waals surface area contributed by atoms with Crippen LogP contribution in [0.3, 0.4) is 0 Å². The largest absolute Gasteiger partial charge is 0.383 e. The molecule has 0 saturated heterocycles. The van der Waals surface area contributed by atoms with Crippen LogP contribution in [0.2, 0.25) is 0 Å². The van der Waals surface area contributed by atoms with E-state index in [1.807, 2.05) is 30.9 Å². The molecule has 0 saturated carbocycles. The Morgan fingerprint density at radius 2 is 2.00 bits per heavy atom. The SMILES string of the molecule is CCSc1ccc(C(Cc2cccnc2N)NC)cc1. The van der Waals surface area contributed by atoms with E-state index in [0.717, 1.165) is 17.7 Å². The van der Waals surface area contributed by atoms with Crippen LogP contribution in [0.15, 0.2) is 47.5 Å². The summed E-state index contributed by atoms with van der Waals surface area (Å²) in [6.07, 6.45) is 2.57. The fourth-order valence-corrected chi connectivity index (χ4v) is 2.85. The van der Waals surface area contributed by atoms with Gasteiger partial charge >= 0.3 is 0 Å². The van der Waals surface area contributed by atoms with E-state index in [9.17, 15) is 0 Å². The number of aromatic nitrogens is 1. The molecule has 0 amide bonds. The van der Waals surface area contributed by atoms with Crippen LogP contribution < -0.4 is 11.1 Å². The Labute approximate surface area is 125 Å². The van der Waals surface area contributed by atoms with E-state index in [0.29, 0.717) is 5.82 Å². The summed E-state index contributed by atoms with van der Waals surface area (Å²) in [6, 6.07) is 13.0. The Morgan fingerprint density at radius 1 is 1.25 bits per heavy atom. The molecule has 20 heavy (non-hydrogen) atoms. The molecule has 4 heteroatoms. The number of nitrogens with zero attached hydrogens (tertiary/aromatic N) is 1. The lowest BCUT2D eigenvalue weighted by molar-refractivity contribution is 0.591. The average molecular weight is 287 g/mol. The molecule has 1 atom stereocenters. The first-order chi connectivity index (χ1) is 9.74. The van der Waals surface area contributed by atoms with Crippen molar-refractivity contribution in [2.45, 2.75) is 24.3 Å². The van der Waals surface area contributed by atoms with Gasteiger partial charge in [-0.25, -0.2) is 4.98 Å². The van der Waals surface area contributed by atoms with E-state index in [1.165, 1.54) is 10.5 Å². The second kappa shape index (κ2) is 7.31. The maximum atomic E-state index is 5.92. The number of hydrogen-bond acceptors (Lipinski definition) is 4. The van der Waals surface area contributed by atoms with Gasteiger partial charge in [-0.3, -0.25) is 0 Å². The molecule has 1 unspecified atom stereocenters. The number of pyridine rings is 1. The van der Waals surface area contributed by atoms with Crippen molar-refractivity contribution in [3.63, 3.8) is 0 Å². The number of hydrogen-bond donors (Lipinski definition) is 2. The molecule has 0 aliphatic carbocycles. The van der Waals surface area contributed by atoms with Crippen LogP contribution in [0.25, 0.3) is 0 Å². The van der Waals surface area contributed by atoms with Gasteiger partial charge in [0.05, 0.1) is 0 Å². The normalized spacial score (nSPS) is 12.3. The average Bonchev–Trinajstić information content (AvgIpc) is 2.48. The zero-order valence-corrected chi connectivity index (χ0v) is 12.8. The molecular formula is C16H21N3S. The number of nitrogens with one attached hydrogen (secondary N) is 1. The highest BCUT2D eigenvalue weighted by atomic mass is 32.2. The van der Waals surface area contributed by atoms with Crippen molar-refractivity contribution in [3.05, 3.63) is 53.7 Å². The van der Waals surface area contributed by atoms with Gasteiger partial charge in [0.25, 0.3) is 0 Å². The predicted octanol–water partition coefficient (Wildman–Crippen LogP) is 3.28. The Balaban J connectivity index is 2.13. The van der Waals surface area contributed by atoms with E-state index in [-0.39, 0.29) is 6.04 Å². The van der Waals surface area contributed by atoms with Crippen molar-refractivity contribution in [3.8, 4) is 0 Å². The minimum atomic E-state index is 0.252. The third-order valence-electron chi connectivity index (χ3n) is 3.29. The molecule has 1 heterocycles. The molecule has 0 fully saturated rings. The van der Waals surface area contributed by atoms with Crippen molar-refractivity contribution in [1.82, 2.24) is 10.3 Å². The van der Waals surface area contributed by atoms with Gasteiger partial charge in [-0.05, 0) is 48.5 Å². The summed E-state index contributed by atoms with van der Waals surface area (Å²) in [5.41, 5.74) is 8.28. The molecule has 0 aliphatic heterocycles. The van der Waals surface area contributed by atoms with Crippen LogP contribution in [0, 0.1) is 0 Å². The highest BCUT2D eigenvalue weighted by Crippen LogP contribution is 2.24. The lowest BCUT2D eigenvalue weighted by atomic mass is 9.99. The van der Waals surface area contributed by atoms with Crippen molar-refractivity contribution in [2.24, 2.45) is 0 Å². The minimum Gasteiger partial charge on any atom is -0.383 e. The first kappa shape index (κ1) is 14.9. The van der Waals surface area contributed by atoms with Gasteiger partial charge < -0.3 is 11.1 Å². The highest BCUT2D eigenvalue weighted by molar-refractivity contribution is 7.99. The van der Waals surface area contributed by atoms with Gasteiger partial charge in [-0.1, -0.05) is 25.1 Å². The van der Waals surface area contributed by atoms with Crippen LogP contribution in [0.4, 0.5) is 5.82 Å². The topological polar surface area (TPSA) is 50.9 Å². The fraction of sp³-hybridized carbons (Fsp3) is 0.312. The Bertz CT molecular complexity index is 540. The van der Waals surface area contributed by atoms with Crippen LogP contribution in [-0.4, -0.2) is 17.8 Å². The van der Waals surface area contributed by atoms with Crippen molar-refractivity contribution >= 4 is 17.6 Å². The van der Waals surface area contributed by atoms with Gasteiger partial charge in [0, 0.05) is 17.1 Å². The first-order valence-corrected chi connectivity index (χ1v) is 7.82. The van der Waals surface area contributed by atoms with E-state index in [2.05, 4.69) is 41.5 Å². The molecule has 3 N–H and O–H groups in total. The smallest absolute Gasteiger partial charge is 0.126 e. The van der Waals surface area contributed by atoms with E-state index in [4.69, 9.17) is 5.73 Å². The minimum absolute atomic E-state index is 0.252. The molecule has 2 aromatic rings. The van der Waals surface area contributed by atoms with Gasteiger partial charge in [-0.15, -0.1) is 11.8 Å².